The van der Waals surface area contributed by atoms with Crippen LogP contribution in [0.25, 0.3) is 33.0 Å². The van der Waals surface area contributed by atoms with Gasteiger partial charge < -0.3 is 19.7 Å². The quantitative estimate of drug-likeness (QED) is 0.183. The van der Waals surface area contributed by atoms with Crippen molar-refractivity contribution >= 4 is 22.4 Å². The molecule has 46 heavy (non-hydrogen) atoms. The van der Waals surface area contributed by atoms with Crippen LogP contribution in [0.2, 0.25) is 0 Å². The summed E-state index contributed by atoms with van der Waals surface area (Å²) in [5.74, 6) is 1.88. The first kappa shape index (κ1) is 29.6. The molecule has 0 saturated carbocycles. The minimum Gasteiger partial charge on any atom is -0.493 e. The monoisotopic (exact) mass is 607 g/mol. The molecule has 1 atom stereocenters. The van der Waals surface area contributed by atoms with Gasteiger partial charge in [0.25, 0.3) is 5.91 Å². The number of methoxy groups -OCH3 is 1. The van der Waals surface area contributed by atoms with E-state index >= 15 is 0 Å². The zero-order valence-electron chi connectivity index (χ0n) is 26.3. The predicted molar refractivity (Wildman–Crippen MR) is 184 cm³/mol. The standard InChI is InChI=1S/C40H37N3O3/c1-3-26-4-5-28-6-7-29(19-33(28)18-26)30-10-12-36(34(20-30)23-41)31-8-9-32-25-43(40(44)37(32)21-31)35-11-13-38(39(22-35)45-2)46-17-15-27-14-16-42-24-27/h4-13,18-22,27,42H,3,14-17,24-25H2,1-2H3. The summed E-state index contributed by atoms with van der Waals surface area (Å²) in [4.78, 5) is 15.5. The minimum atomic E-state index is -0.0703. The summed E-state index contributed by atoms with van der Waals surface area (Å²) >= 11 is 0. The zero-order valence-corrected chi connectivity index (χ0v) is 26.3. The van der Waals surface area contributed by atoms with Crippen LogP contribution < -0.4 is 19.7 Å². The van der Waals surface area contributed by atoms with Crippen LogP contribution in [-0.2, 0) is 13.0 Å². The molecular formula is C40H37N3O3. The molecule has 6 heteroatoms. The Balaban J connectivity index is 1.11. The lowest BCUT2D eigenvalue weighted by atomic mass is 9.93. The molecule has 1 fully saturated rings. The molecule has 0 radical (unpaired) electrons. The van der Waals surface area contributed by atoms with E-state index in [0.29, 0.717) is 41.7 Å². The van der Waals surface area contributed by atoms with Crippen molar-refractivity contribution in [1.29, 1.82) is 5.26 Å². The number of ether oxygens (including phenoxy) is 2. The van der Waals surface area contributed by atoms with Crippen molar-refractivity contribution < 1.29 is 14.3 Å². The molecule has 1 amide bonds. The van der Waals surface area contributed by atoms with Gasteiger partial charge in [0, 0.05) is 17.3 Å². The van der Waals surface area contributed by atoms with Gasteiger partial charge in [-0.3, -0.25) is 4.79 Å². The van der Waals surface area contributed by atoms with Crippen LogP contribution in [0.5, 0.6) is 11.5 Å². The van der Waals surface area contributed by atoms with E-state index in [2.05, 4.69) is 60.8 Å². The third-order valence-electron chi connectivity index (χ3n) is 9.42. The average molecular weight is 608 g/mol. The summed E-state index contributed by atoms with van der Waals surface area (Å²) in [6.45, 7) is 5.39. The van der Waals surface area contributed by atoms with Gasteiger partial charge in [0.15, 0.2) is 11.5 Å². The van der Waals surface area contributed by atoms with Crippen molar-refractivity contribution in [2.75, 3.05) is 31.7 Å². The van der Waals surface area contributed by atoms with Gasteiger partial charge in [0.2, 0.25) is 0 Å². The van der Waals surface area contributed by atoms with Gasteiger partial charge in [-0.1, -0.05) is 61.5 Å². The molecule has 2 aliphatic rings. The summed E-state index contributed by atoms with van der Waals surface area (Å²) in [6, 6.07) is 33.0. The molecule has 5 aromatic rings. The number of hydrogen-bond acceptors (Lipinski definition) is 5. The summed E-state index contributed by atoms with van der Waals surface area (Å²) in [5.41, 5.74) is 7.96. The second kappa shape index (κ2) is 12.7. The Morgan fingerprint density at radius 2 is 1.70 bits per heavy atom. The van der Waals surface area contributed by atoms with Crippen molar-refractivity contribution in [1.82, 2.24) is 5.32 Å². The van der Waals surface area contributed by atoms with E-state index in [1.165, 1.54) is 22.8 Å². The number of benzene rings is 5. The third-order valence-corrected chi connectivity index (χ3v) is 9.42. The first-order chi connectivity index (χ1) is 22.5. The highest BCUT2D eigenvalue weighted by atomic mass is 16.5. The van der Waals surface area contributed by atoms with Crippen LogP contribution in [0.4, 0.5) is 5.69 Å². The molecule has 1 N–H and O–H groups in total. The predicted octanol–water partition coefficient (Wildman–Crippen LogP) is 8.16. The molecule has 6 nitrogen and oxygen atoms in total. The molecule has 0 spiro atoms. The number of nitrogens with zero attached hydrogens (tertiary/aromatic N) is 2. The number of aryl methyl sites for hydroxylation is 1. The SMILES string of the molecule is CCc1ccc2ccc(-c3ccc(-c4ccc5c(c4)C(=O)N(c4ccc(OCCC6CCNC6)c(OC)c4)C5)c(C#N)c3)cc2c1. The summed E-state index contributed by atoms with van der Waals surface area (Å²) in [5, 5.41) is 15.9. The first-order valence-electron chi connectivity index (χ1n) is 16.1. The van der Waals surface area contributed by atoms with Gasteiger partial charge in [-0.2, -0.15) is 5.26 Å². The Labute approximate surface area is 270 Å². The number of hydrogen-bond donors (Lipinski definition) is 1. The van der Waals surface area contributed by atoms with Crippen LogP contribution in [0.3, 0.4) is 0 Å². The van der Waals surface area contributed by atoms with E-state index in [9.17, 15) is 10.1 Å². The lowest BCUT2D eigenvalue weighted by Gasteiger charge is -2.19. The topological polar surface area (TPSA) is 74.6 Å². The van der Waals surface area contributed by atoms with Gasteiger partial charge in [-0.25, -0.2) is 0 Å². The molecule has 0 aliphatic carbocycles. The molecule has 2 aliphatic heterocycles. The Hall–Kier alpha value is -5.12. The van der Waals surface area contributed by atoms with Crippen LogP contribution in [-0.4, -0.2) is 32.7 Å². The van der Waals surface area contributed by atoms with Crippen molar-refractivity contribution in [3.63, 3.8) is 0 Å². The highest BCUT2D eigenvalue weighted by molar-refractivity contribution is 6.10. The molecule has 0 bridgehead atoms. The number of fused-ring (bicyclic) bond motifs is 2. The molecule has 230 valence electrons. The molecular weight excluding hydrogens is 570 g/mol. The number of rotatable bonds is 9. The normalized spacial score (nSPS) is 15.6. The zero-order chi connectivity index (χ0) is 31.6. The van der Waals surface area contributed by atoms with Gasteiger partial charge in [-0.05, 0) is 113 Å². The second-order valence-corrected chi connectivity index (χ2v) is 12.2. The smallest absolute Gasteiger partial charge is 0.258 e. The molecule has 2 heterocycles. The molecule has 5 aromatic carbocycles. The lowest BCUT2D eigenvalue weighted by Crippen LogP contribution is -2.23. The number of nitriles is 1. The fourth-order valence-electron chi connectivity index (χ4n) is 6.68. The van der Waals surface area contributed by atoms with Gasteiger partial charge in [0.1, 0.15) is 0 Å². The van der Waals surface area contributed by atoms with E-state index in [1.807, 2.05) is 48.5 Å². The van der Waals surface area contributed by atoms with Crippen LogP contribution in [0.1, 0.15) is 46.8 Å². The van der Waals surface area contributed by atoms with Gasteiger partial charge >= 0.3 is 0 Å². The van der Waals surface area contributed by atoms with Gasteiger partial charge in [-0.15, -0.1) is 0 Å². The maximum atomic E-state index is 13.7. The summed E-state index contributed by atoms with van der Waals surface area (Å²) in [6.07, 6.45) is 3.18. The highest BCUT2D eigenvalue weighted by Gasteiger charge is 2.30. The summed E-state index contributed by atoms with van der Waals surface area (Å²) < 4.78 is 11.7. The van der Waals surface area contributed by atoms with Crippen molar-refractivity contribution in [2.45, 2.75) is 32.7 Å². The van der Waals surface area contributed by atoms with E-state index in [-0.39, 0.29) is 5.91 Å². The number of carbonyl (C=O) groups excluding carboxylic acids is 1. The van der Waals surface area contributed by atoms with Crippen LogP contribution in [0, 0.1) is 17.2 Å². The van der Waals surface area contributed by atoms with E-state index in [1.54, 1.807) is 12.0 Å². The number of carbonyl (C=O) groups is 1. The maximum Gasteiger partial charge on any atom is 0.258 e. The van der Waals surface area contributed by atoms with Crippen LogP contribution >= 0.6 is 0 Å². The Kier molecular flexibility index (Phi) is 8.17. The van der Waals surface area contributed by atoms with Crippen molar-refractivity contribution in [3.05, 3.63) is 113 Å². The summed E-state index contributed by atoms with van der Waals surface area (Å²) in [7, 11) is 1.62. The van der Waals surface area contributed by atoms with Crippen molar-refractivity contribution in [2.24, 2.45) is 5.92 Å². The van der Waals surface area contributed by atoms with E-state index in [0.717, 1.165) is 59.4 Å². The second-order valence-electron chi connectivity index (χ2n) is 12.2. The fraction of sp³-hybridized carbons (Fsp3) is 0.250. The number of nitrogens with one attached hydrogen (secondary N) is 1. The Morgan fingerprint density at radius 3 is 2.50 bits per heavy atom. The Bertz CT molecular complexity index is 1990. The minimum absolute atomic E-state index is 0.0703. The van der Waals surface area contributed by atoms with Crippen LogP contribution in [0.15, 0.2) is 91.0 Å². The molecule has 1 unspecified atom stereocenters. The first-order valence-corrected chi connectivity index (χ1v) is 16.1. The van der Waals surface area contributed by atoms with E-state index in [4.69, 9.17) is 9.47 Å². The van der Waals surface area contributed by atoms with Crippen molar-refractivity contribution in [3.8, 4) is 39.8 Å². The third kappa shape index (κ3) is 5.71. The number of anilines is 1. The fourth-order valence-corrected chi connectivity index (χ4v) is 6.68. The molecule has 7 rings (SSSR count). The largest absolute Gasteiger partial charge is 0.493 e. The Morgan fingerprint density at radius 1 is 0.870 bits per heavy atom. The molecule has 0 aromatic heterocycles. The average Bonchev–Trinajstić information content (AvgIpc) is 3.75. The maximum absolute atomic E-state index is 13.7. The highest BCUT2D eigenvalue weighted by Crippen LogP contribution is 2.38. The van der Waals surface area contributed by atoms with E-state index < -0.39 is 0 Å². The number of amides is 1. The lowest BCUT2D eigenvalue weighted by molar-refractivity contribution is 0.0996. The molecule has 1 saturated heterocycles. The van der Waals surface area contributed by atoms with Gasteiger partial charge in [0.05, 0.1) is 31.9 Å².